The standard InChI is InChI=1S/C9H9ClF3NO/c10-8-6(2-1-3-15)4-7(5-14-8)9(11,12)13/h4-5,15H,1-3H2. The maximum Gasteiger partial charge on any atom is 0.417 e. The van der Waals surface area contributed by atoms with Crippen LogP contribution in [-0.2, 0) is 12.6 Å². The molecule has 0 unspecified atom stereocenters. The van der Waals surface area contributed by atoms with Gasteiger partial charge in [-0.2, -0.15) is 13.2 Å². The molecule has 2 nitrogen and oxygen atoms in total. The van der Waals surface area contributed by atoms with Crippen LogP contribution in [-0.4, -0.2) is 16.7 Å². The Labute approximate surface area is 89.7 Å². The van der Waals surface area contributed by atoms with Gasteiger partial charge in [0, 0.05) is 12.8 Å². The van der Waals surface area contributed by atoms with Gasteiger partial charge < -0.3 is 5.11 Å². The van der Waals surface area contributed by atoms with E-state index in [1.807, 2.05) is 0 Å². The molecule has 0 amide bonds. The summed E-state index contributed by atoms with van der Waals surface area (Å²) in [5, 5.41) is 8.61. The Bertz CT molecular complexity index is 341. The Kier molecular flexibility index (Phi) is 3.93. The number of hydrogen-bond acceptors (Lipinski definition) is 2. The molecular formula is C9H9ClF3NO. The average molecular weight is 240 g/mol. The van der Waals surface area contributed by atoms with Gasteiger partial charge in [-0.3, -0.25) is 0 Å². The fourth-order valence-corrected chi connectivity index (χ4v) is 1.29. The summed E-state index contributed by atoms with van der Waals surface area (Å²) in [7, 11) is 0. The van der Waals surface area contributed by atoms with Gasteiger partial charge in [0.2, 0.25) is 0 Å². The van der Waals surface area contributed by atoms with Crippen LogP contribution in [0.2, 0.25) is 5.15 Å². The zero-order valence-corrected chi connectivity index (χ0v) is 8.44. The average Bonchev–Trinajstić information content (AvgIpc) is 2.15. The molecule has 1 heterocycles. The number of alkyl halides is 3. The molecule has 1 aromatic heterocycles. The van der Waals surface area contributed by atoms with Crippen molar-refractivity contribution in [2.45, 2.75) is 19.0 Å². The maximum atomic E-state index is 12.3. The molecule has 0 aliphatic rings. The Hall–Kier alpha value is -0.810. The number of aromatic nitrogens is 1. The zero-order chi connectivity index (χ0) is 11.5. The lowest BCUT2D eigenvalue weighted by Gasteiger charge is -2.09. The van der Waals surface area contributed by atoms with Crippen LogP contribution in [0.4, 0.5) is 13.2 Å². The van der Waals surface area contributed by atoms with Crippen molar-refractivity contribution in [3.63, 3.8) is 0 Å². The molecule has 0 radical (unpaired) electrons. The van der Waals surface area contributed by atoms with Crippen molar-refractivity contribution in [2.75, 3.05) is 6.61 Å². The molecule has 84 valence electrons. The highest BCUT2D eigenvalue weighted by molar-refractivity contribution is 6.30. The van der Waals surface area contributed by atoms with Gasteiger partial charge in [-0.25, -0.2) is 4.98 Å². The Morgan fingerprint density at radius 3 is 2.60 bits per heavy atom. The monoisotopic (exact) mass is 239 g/mol. The molecule has 1 rings (SSSR count). The normalized spacial score (nSPS) is 11.8. The number of rotatable bonds is 3. The number of aliphatic hydroxyl groups is 1. The van der Waals surface area contributed by atoms with Crippen molar-refractivity contribution in [3.05, 3.63) is 28.5 Å². The molecule has 0 saturated carbocycles. The minimum absolute atomic E-state index is 0.0523. The lowest BCUT2D eigenvalue weighted by molar-refractivity contribution is -0.137. The van der Waals surface area contributed by atoms with Crippen molar-refractivity contribution in [3.8, 4) is 0 Å². The van der Waals surface area contributed by atoms with E-state index in [1.54, 1.807) is 0 Å². The van der Waals surface area contributed by atoms with Crippen molar-refractivity contribution in [1.29, 1.82) is 0 Å². The van der Waals surface area contributed by atoms with Crippen LogP contribution < -0.4 is 0 Å². The molecule has 0 aliphatic heterocycles. The van der Waals surface area contributed by atoms with Gasteiger partial charge in [0.1, 0.15) is 5.15 Å². The molecule has 0 atom stereocenters. The molecule has 0 aromatic carbocycles. The largest absolute Gasteiger partial charge is 0.417 e. The van der Waals surface area contributed by atoms with E-state index in [4.69, 9.17) is 16.7 Å². The van der Waals surface area contributed by atoms with E-state index in [9.17, 15) is 13.2 Å². The van der Waals surface area contributed by atoms with Gasteiger partial charge in [-0.15, -0.1) is 0 Å². The predicted molar refractivity (Wildman–Crippen MR) is 49.7 cm³/mol. The maximum absolute atomic E-state index is 12.3. The highest BCUT2D eigenvalue weighted by atomic mass is 35.5. The van der Waals surface area contributed by atoms with E-state index < -0.39 is 11.7 Å². The van der Waals surface area contributed by atoms with Gasteiger partial charge >= 0.3 is 6.18 Å². The Morgan fingerprint density at radius 1 is 1.40 bits per heavy atom. The van der Waals surface area contributed by atoms with E-state index in [0.29, 0.717) is 18.2 Å². The van der Waals surface area contributed by atoms with E-state index in [-0.39, 0.29) is 18.2 Å². The van der Waals surface area contributed by atoms with Gasteiger partial charge in [0.15, 0.2) is 0 Å². The summed E-state index contributed by atoms with van der Waals surface area (Å²) in [4.78, 5) is 3.46. The van der Waals surface area contributed by atoms with Crippen molar-refractivity contribution >= 4 is 11.6 Å². The molecule has 1 N–H and O–H groups in total. The first kappa shape index (κ1) is 12.3. The lowest BCUT2D eigenvalue weighted by Crippen LogP contribution is -2.07. The Balaban J connectivity index is 2.95. The van der Waals surface area contributed by atoms with Crippen molar-refractivity contribution in [2.24, 2.45) is 0 Å². The molecule has 1 aromatic rings. The van der Waals surface area contributed by atoms with E-state index in [1.165, 1.54) is 0 Å². The quantitative estimate of drug-likeness (QED) is 0.823. The van der Waals surface area contributed by atoms with Crippen LogP contribution in [0.15, 0.2) is 12.3 Å². The zero-order valence-electron chi connectivity index (χ0n) is 7.68. The summed E-state index contributed by atoms with van der Waals surface area (Å²) in [6.45, 7) is -0.0907. The van der Waals surface area contributed by atoms with E-state index in [2.05, 4.69) is 4.98 Å². The second-order valence-corrected chi connectivity index (χ2v) is 3.36. The van der Waals surface area contributed by atoms with Gasteiger partial charge in [-0.1, -0.05) is 11.6 Å². The smallest absolute Gasteiger partial charge is 0.396 e. The SMILES string of the molecule is OCCCc1cc(C(F)(F)F)cnc1Cl. The second kappa shape index (κ2) is 4.81. The second-order valence-electron chi connectivity index (χ2n) is 3.00. The Morgan fingerprint density at radius 2 is 2.07 bits per heavy atom. The number of halogens is 4. The summed E-state index contributed by atoms with van der Waals surface area (Å²) in [5.74, 6) is 0. The summed E-state index contributed by atoms with van der Waals surface area (Å²) in [6.07, 6.45) is -3.06. The number of hydrogen-bond donors (Lipinski definition) is 1. The number of pyridine rings is 1. The predicted octanol–water partition coefficient (Wildman–Crippen LogP) is 2.68. The summed E-state index contributed by atoms with van der Waals surface area (Å²) >= 11 is 5.62. The minimum atomic E-state index is -4.41. The molecule has 6 heteroatoms. The fourth-order valence-electron chi connectivity index (χ4n) is 1.09. The number of nitrogens with zero attached hydrogens (tertiary/aromatic N) is 1. The van der Waals surface area contributed by atoms with Crippen LogP contribution in [0.25, 0.3) is 0 Å². The molecule has 0 saturated heterocycles. The lowest BCUT2D eigenvalue weighted by atomic mass is 10.1. The highest BCUT2D eigenvalue weighted by Crippen LogP contribution is 2.30. The molecule has 0 spiro atoms. The van der Waals surface area contributed by atoms with E-state index >= 15 is 0 Å². The van der Waals surface area contributed by atoms with Gasteiger partial charge in [0.25, 0.3) is 0 Å². The van der Waals surface area contributed by atoms with Crippen LogP contribution in [0, 0.1) is 0 Å². The topological polar surface area (TPSA) is 33.1 Å². The summed E-state index contributed by atoms with van der Waals surface area (Å²) < 4.78 is 36.9. The van der Waals surface area contributed by atoms with Crippen molar-refractivity contribution in [1.82, 2.24) is 4.98 Å². The first-order chi connectivity index (χ1) is 6.95. The summed E-state index contributed by atoms with van der Waals surface area (Å²) in [6, 6.07) is 0.963. The molecule has 0 aliphatic carbocycles. The third kappa shape index (κ3) is 3.35. The first-order valence-electron chi connectivity index (χ1n) is 4.27. The van der Waals surface area contributed by atoms with Crippen LogP contribution >= 0.6 is 11.6 Å². The van der Waals surface area contributed by atoms with E-state index in [0.717, 1.165) is 6.07 Å². The minimum Gasteiger partial charge on any atom is -0.396 e. The van der Waals surface area contributed by atoms with Crippen LogP contribution in [0.3, 0.4) is 0 Å². The third-order valence-electron chi connectivity index (χ3n) is 1.84. The first-order valence-corrected chi connectivity index (χ1v) is 4.65. The third-order valence-corrected chi connectivity index (χ3v) is 2.18. The summed E-state index contributed by atoms with van der Waals surface area (Å²) in [5.41, 5.74) is -0.514. The van der Waals surface area contributed by atoms with Crippen LogP contribution in [0.5, 0.6) is 0 Å². The number of aliphatic hydroxyl groups excluding tert-OH is 1. The van der Waals surface area contributed by atoms with Crippen LogP contribution in [0.1, 0.15) is 17.5 Å². The fraction of sp³-hybridized carbons (Fsp3) is 0.444. The van der Waals surface area contributed by atoms with Gasteiger partial charge in [-0.05, 0) is 24.5 Å². The number of aryl methyl sites for hydroxylation is 1. The molecule has 0 fully saturated rings. The van der Waals surface area contributed by atoms with Crippen molar-refractivity contribution < 1.29 is 18.3 Å². The molecule has 15 heavy (non-hydrogen) atoms. The molecular weight excluding hydrogens is 231 g/mol. The highest BCUT2D eigenvalue weighted by Gasteiger charge is 2.31. The van der Waals surface area contributed by atoms with Gasteiger partial charge in [0.05, 0.1) is 5.56 Å². The molecule has 0 bridgehead atoms.